The maximum atomic E-state index is 12.5. The van der Waals surface area contributed by atoms with E-state index in [1.807, 2.05) is 61.5 Å². The second-order valence-electron chi connectivity index (χ2n) is 8.54. The van der Waals surface area contributed by atoms with Crippen molar-refractivity contribution in [1.82, 2.24) is 9.97 Å². The number of rotatable bonds is 7. The number of hydrogen-bond donors (Lipinski definition) is 1. The maximum Gasteiger partial charge on any atom is 0.255 e. The van der Waals surface area contributed by atoms with Gasteiger partial charge in [0, 0.05) is 36.2 Å². The number of nitrogens with one attached hydrogen (secondary N) is 1. The molecule has 7 heteroatoms. The van der Waals surface area contributed by atoms with Crippen LogP contribution in [0, 0.1) is 6.92 Å². The third-order valence-corrected chi connectivity index (χ3v) is 7.15. The van der Waals surface area contributed by atoms with Crippen LogP contribution in [-0.4, -0.2) is 29.0 Å². The second kappa shape index (κ2) is 11.0. The highest BCUT2D eigenvalue weighted by atomic mass is 35.5. The molecule has 1 heterocycles. The molecule has 1 aliphatic carbocycles. The van der Waals surface area contributed by atoms with Crippen molar-refractivity contribution in [2.45, 2.75) is 56.0 Å². The number of aromatic nitrogens is 2. The van der Waals surface area contributed by atoms with Crippen molar-refractivity contribution >= 4 is 40.8 Å². The Morgan fingerprint density at radius 1 is 1.06 bits per heavy atom. The molecular formula is C26H29ClN4OS. The zero-order chi connectivity index (χ0) is 23.2. The van der Waals surface area contributed by atoms with Crippen molar-refractivity contribution in [2.75, 3.05) is 17.3 Å². The van der Waals surface area contributed by atoms with E-state index in [0.29, 0.717) is 27.7 Å². The number of hydrogen-bond acceptors (Lipinski definition) is 5. The van der Waals surface area contributed by atoms with Crippen LogP contribution in [0.2, 0.25) is 5.15 Å². The Bertz CT molecular complexity index is 1080. The first-order chi connectivity index (χ1) is 16.0. The molecule has 1 fully saturated rings. The molecule has 0 radical (unpaired) electrons. The average Bonchev–Trinajstić information content (AvgIpc) is 2.84. The summed E-state index contributed by atoms with van der Waals surface area (Å²) in [5.74, 6) is 1.46. The first-order valence-electron chi connectivity index (χ1n) is 11.3. The average molecular weight is 481 g/mol. The van der Waals surface area contributed by atoms with Gasteiger partial charge < -0.3 is 10.2 Å². The normalized spacial score (nSPS) is 14.2. The van der Waals surface area contributed by atoms with E-state index in [4.69, 9.17) is 16.6 Å². The van der Waals surface area contributed by atoms with Crippen molar-refractivity contribution in [2.24, 2.45) is 0 Å². The van der Waals surface area contributed by atoms with E-state index < -0.39 is 0 Å². The topological polar surface area (TPSA) is 58.1 Å². The highest BCUT2D eigenvalue weighted by Gasteiger charge is 2.20. The van der Waals surface area contributed by atoms with Gasteiger partial charge in [0.05, 0.1) is 0 Å². The van der Waals surface area contributed by atoms with Crippen LogP contribution in [0.1, 0.15) is 53.6 Å². The van der Waals surface area contributed by atoms with Gasteiger partial charge in [0.1, 0.15) is 11.0 Å². The van der Waals surface area contributed by atoms with Crippen LogP contribution in [0.3, 0.4) is 0 Å². The van der Waals surface area contributed by atoms with Gasteiger partial charge in [0.25, 0.3) is 5.91 Å². The Balaban J connectivity index is 1.36. The van der Waals surface area contributed by atoms with Gasteiger partial charge in [-0.05, 0) is 49.6 Å². The SMILES string of the molecule is Cc1ccc(NC(=O)c2ccc(CSc3nc(Cl)cc(N(C)C4CCCCC4)n3)cc2)cc1. The van der Waals surface area contributed by atoms with Gasteiger partial charge in [-0.3, -0.25) is 4.79 Å². The summed E-state index contributed by atoms with van der Waals surface area (Å²) in [6.45, 7) is 2.02. The minimum absolute atomic E-state index is 0.119. The molecule has 0 bridgehead atoms. The molecule has 0 aliphatic heterocycles. The van der Waals surface area contributed by atoms with Crippen molar-refractivity contribution in [3.8, 4) is 0 Å². The molecule has 5 nitrogen and oxygen atoms in total. The maximum absolute atomic E-state index is 12.5. The third kappa shape index (κ3) is 6.49. The molecule has 1 N–H and O–H groups in total. The lowest BCUT2D eigenvalue weighted by Gasteiger charge is -2.32. The van der Waals surface area contributed by atoms with E-state index >= 15 is 0 Å². The molecule has 172 valence electrons. The van der Waals surface area contributed by atoms with E-state index in [1.54, 1.807) is 11.8 Å². The van der Waals surface area contributed by atoms with Crippen LogP contribution in [-0.2, 0) is 5.75 Å². The Labute approximate surface area is 205 Å². The molecule has 0 saturated heterocycles. The molecule has 4 rings (SSSR count). The number of anilines is 2. The second-order valence-corrected chi connectivity index (χ2v) is 9.87. The number of carbonyl (C=O) groups excluding carboxylic acids is 1. The zero-order valence-corrected chi connectivity index (χ0v) is 20.6. The molecule has 0 atom stereocenters. The number of nitrogens with zero attached hydrogens (tertiary/aromatic N) is 3. The number of halogens is 1. The summed E-state index contributed by atoms with van der Waals surface area (Å²) in [4.78, 5) is 23.9. The fourth-order valence-electron chi connectivity index (χ4n) is 4.03. The minimum atomic E-state index is -0.119. The summed E-state index contributed by atoms with van der Waals surface area (Å²) in [7, 11) is 2.10. The van der Waals surface area contributed by atoms with E-state index in [0.717, 1.165) is 22.6 Å². The van der Waals surface area contributed by atoms with Gasteiger partial charge in [0.15, 0.2) is 5.16 Å². The molecule has 33 heavy (non-hydrogen) atoms. The third-order valence-electron chi connectivity index (χ3n) is 6.04. The van der Waals surface area contributed by atoms with Crippen LogP contribution in [0.4, 0.5) is 11.5 Å². The Morgan fingerprint density at radius 2 is 1.76 bits per heavy atom. The molecule has 1 amide bonds. The van der Waals surface area contributed by atoms with Crippen molar-refractivity contribution in [3.05, 3.63) is 76.4 Å². The van der Waals surface area contributed by atoms with Crippen LogP contribution >= 0.6 is 23.4 Å². The number of thioether (sulfide) groups is 1. The van der Waals surface area contributed by atoms with Gasteiger partial charge in [-0.2, -0.15) is 0 Å². The molecule has 2 aromatic carbocycles. The Morgan fingerprint density at radius 3 is 2.45 bits per heavy atom. The van der Waals surface area contributed by atoms with Crippen LogP contribution in [0.5, 0.6) is 0 Å². The number of amides is 1. The first kappa shape index (κ1) is 23.6. The smallest absolute Gasteiger partial charge is 0.255 e. The van der Waals surface area contributed by atoms with Gasteiger partial charge in [-0.15, -0.1) is 0 Å². The molecular weight excluding hydrogens is 452 g/mol. The highest BCUT2D eigenvalue weighted by molar-refractivity contribution is 7.98. The number of aryl methyl sites for hydroxylation is 1. The monoisotopic (exact) mass is 480 g/mol. The van der Waals surface area contributed by atoms with E-state index in [9.17, 15) is 4.79 Å². The Hall–Kier alpha value is -2.57. The minimum Gasteiger partial charge on any atom is -0.357 e. The predicted octanol–water partition coefficient (Wildman–Crippen LogP) is 6.75. The largest absolute Gasteiger partial charge is 0.357 e. The molecule has 0 unspecified atom stereocenters. The number of benzene rings is 2. The van der Waals surface area contributed by atoms with Gasteiger partial charge in [-0.25, -0.2) is 9.97 Å². The standard InChI is InChI=1S/C26H29ClN4OS/c1-18-8-14-21(15-9-18)28-25(32)20-12-10-19(11-13-20)17-33-26-29-23(27)16-24(30-26)31(2)22-6-4-3-5-7-22/h8-16,22H,3-7,17H2,1-2H3,(H,28,32). The summed E-state index contributed by atoms with van der Waals surface area (Å²) in [6.07, 6.45) is 6.26. The van der Waals surface area contributed by atoms with E-state index in [1.165, 1.54) is 32.1 Å². The molecule has 1 aliphatic rings. The van der Waals surface area contributed by atoms with Crippen LogP contribution < -0.4 is 10.2 Å². The van der Waals surface area contributed by atoms with Crippen LogP contribution in [0.25, 0.3) is 0 Å². The quantitative estimate of drug-likeness (QED) is 0.230. The lowest BCUT2D eigenvalue weighted by Crippen LogP contribution is -2.34. The molecule has 1 saturated carbocycles. The lowest BCUT2D eigenvalue weighted by atomic mass is 9.94. The Kier molecular flexibility index (Phi) is 7.89. The first-order valence-corrected chi connectivity index (χ1v) is 12.7. The van der Waals surface area contributed by atoms with Crippen molar-refractivity contribution in [1.29, 1.82) is 0 Å². The van der Waals surface area contributed by atoms with E-state index in [-0.39, 0.29) is 5.91 Å². The highest BCUT2D eigenvalue weighted by Crippen LogP contribution is 2.29. The van der Waals surface area contributed by atoms with Crippen molar-refractivity contribution < 1.29 is 4.79 Å². The summed E-state index contributed by atoms with van der Waals surface area (Å²) >= 11 is 7.86. The van der Waals surface area contributed by atoms with Gasteiger partial charge >= 0.3 is 0 Å². The lowest BCUT2D eigenvalue weighted by molar-refractivity contribution is 0.102. The summed E-state index contributed by atoms with van der Waals surface area (Å²) in [5, 5.41) is 4.06. The molecule has 3 aromatic rings. The number of carbonyl (C=O) groups is 1. The van der Waals surface area contributed by atoms with Crippen LogP contribution in [0.15, 0.2) is 59.8 Å². The summed E-state index contributed by atoms with van der Waals surface area (Å²) < 4.78 is 0. The van der Waals surface area contributed by atoms with Crippen molar-refractivity contribution in [3.63, 3.8) is 0 Å². The summed E-state index contributed by atoms with van der Waals surface area (Å²) in [6, 6.07) is 17.8. The zero-order valence-electron chi connectivity index (χ0n) is 19.1. The molecule has 1 aromatic heterocycles. The fraction of sp³-hybridized carbons (Fsp3) is 0.346. The van der Waals surface area contributed by atoms with Gasteiger partial charge in [0.2, 0.25) is 0 Å². The fourth-order valence-corrected chi connectivity index (χ4v) is 5.06. The predicted molar refractivity (Wildman–Crippen MR) is 137 cm³/mol. The molecule has 0 spiro atoms. The van der Waals surface area contributed by atoms with E-state index in [2.05, 4.69) is 22.2 Å². The van der Waals surface area contributed by atoms with Gasteiger partial charge in [-0.1, -0.05) is 72.5 Å². The summed E-state index contributed by atoms with van der Waals surface area (Å²) in [5.41, 5.74) is 3.67.